The van der Waals surface area contributed by atoms with Crippen LogP contribution in [0.25, 0.3) is 11.3 Å². The highest BCUT2D eigenvalue weighted by Crippen LogP contribution is 2.27. The van der Waals surface area contributed by atoms with Gasteiger partial charge in [0.2, 0.25) is 0 Å². The minimum absolute atomic E-state index is 0.183. The van der Waals surface area contributed by atoms with Crippen LogP contribution in [-0.2, 0) is 6.54 Å². The molecule has 3 aromatic rings. The quantitative estimate of drug-likeness (QED) is 0.590. The Bertz CT molecular complexity index is 1030. The van der Waals surface area contributed by atoms with Crippen molar-refractivity contribution in [2.75, 3.05) is 6.26 Å². The second kappa shape index (κ2) is 7.82. The molecular weight excluding hydrogens is 364 g/mol. The van der Waals surface area contributed by atoms with Gasteiger partial charge in [-0.1, -0.05) is 53.6 Å². The van der Waals surface area contributed by atoms with Gasteiger partial charge >= 0.3 is 0 Å². The second-order valence-corrected chi connectivity index (χ2v) is 7.25. The molecule has 0 saturated carbocycles. The molecule has 0 saturated heterocycles. The van der Waals surface area contributed by atoms with Crippen LogP contribution in [0.1, 0.15) is 16.7 Å². The van der Waals surface area contributed by atoms with Crippen LogP contribution >= 0.6 is 23.4 Å². The Hall–Kier alpha value is -2.48. The highest BCUT2D eigenvalue weighted by atomic mass is 35.5. The number of aryl methyl sites for hydroxylation is 1. The molecule has 1 aromatic heterocycles. The van der Waals surface area contributed by atoms with Crippen molar-refractivity contribution in [3.05, 3.63) is 86.7 Å². The molecule has 0 spiro atoms. The Kier molecular flexibility index (Phi) is 5.51. The van der Waals surface area contributed by atoms with Crippen molar-refractivity contribution in [1.29, 1.82) is 5.26 Å². The Morgan fingerprint density at radius 3 is 2.35 bits per heavy atom. The Morgan fingerprint density at radius 1 is 1.12 bits per heavy atom. The van der Waals surface area contributed by atoms with Crippen molar-refractivity contribution in [2.24, 2.45) is 0 Å². The lowest BCUT2D eigenvalue weighted by Crippen LogP contribution is -2.25. The summed E-state index contributed by atoms with van der Waals surface area (Å²) in [5.74, 6) is 0. The van der Waals surface area contributed by atoms with Crippen LogP contribution < -0.4 is 5.56 Å². The number of hydrogen-bond acceptors (Lipinski definition) is 3. The molecule has 3 nitrogen and oxygen atoms in total. The van der Waals surface area contributed by atoms with E-state index in [1.54, 1.807) is 16.7 Å². The molecule has 5 heteroatoms. The molecule has 0 atom stereocenters. The minimum atomic E-state index is -0.273. The number of aromatic nitrogens is 1. The third kappa shape index (κ3) is 3.70. The summed E-state index contributed by atoms with van der Waals surface area (Å²) in [5.41, 5.74) is 3.74. The van der Waals surface area contributed by atoms with Crippen molar-refractivity contribution < 1.29 is 0 Å². The van der Waals surface area contributed by atoms with Gasteiger partial charge < -0.3 is 4.57 Å². The topological polar surface area (TPSA) is 45.8 Å². The molecule has 0 fully saturated rings. The van der Waals surface area contributed by atoms with Gasteiger partial charge in [0.1, 0.15) is 11.6 Å². The normalized spacial score (nSPS) is 10.5. The molecule has 26 heavy (non-hydrogen) atoms. The third-order valence-electron chi connectivity index (χ3n) is 4.20. The van der Waals surface area contributed by atoms with E-state index < -0.39 is 0 Å². The maximum atomic E-state index is 13.0. The molecule has 0 aliphatic heterocycles. The minimum Gasteiger partial charge on any atom is -0.303 e. The summed E-state index contributed by atoms with van der Waals surface area (Å²) >= 11 is 7.41. The first-order chi connectivity index (χ1) is 12.5. The summed E-state index contributed by atoms with van der Waals surface area (Å²) in [6.45, 7) is 2.43. The van der Waals surface area contributed by atoms with Crippen molar-refractivity contribution >= 4 is 23.4 Å². The zero-order valence-corrected chi connectivity index (χ0v) is 16.1. The first-order valence-electron chi connectivity index (χ1n) is 8.07. The highest BCUT2D eigenvalue weighted by molar-refractivity contribution is 7.98. The van der Waals surface area contributed by atoms with E-state index in [0.717, 1.165) is 22.4 Å². The maximum absolute atomic E-state index is 13.0. The number of benzene rings is 2. The standard InChI is InChI=1S/C21H17ClN2OS/c1-14-3-5-15(6-4-14)13-24-19(16-7-9-17(22)10-8-16)11-20(26-2)18(12-23)21(24)25/h3-11H,13H2,1-2H3. The Morgan fingerprint density at radius 2 is 1.77 bits per heavy atom. The van der Waals surface area contributed by atoms with E-state index in [-0.39, 0.29) is 11.1 Å². The smallest absolute Gasteiger partial charge is 0.270 e. The van der Waals surface area contributed by atoms with Gasteiger partial charge in [-0.2, -0.15) is 5.26 Å². The summed E-state index contributed by atoms with van der Waals surface area (Å²) in [4.78, 5) is 13.7. The summed E-state index contributed by atoms with van der Waals surface area (Å²) in [6.07, 6.45) is 1.87. The largest absolute Gasteiger partial charge is 0.303 e. The van der Waals surface area contributed by atoms with Crippen LogP contribution in [-0.4, -0.2) is 10.8 Å². The van der Waals surface area contributed by atoms with Gasteiger partial charge in [0.25, 0.3) is 5.56 Å². The lowest BCUT2D eigenvalue weighted by molar-refractivity contribution is 0.758. The van der Waals surface area contributed by atoms with Crippen molar-refractivity contribution in [3.8, 4) is 17.3 Å². The van der Waals surface area contributed by atoms with Crippen LogP contribution in [0.5, 0.6) is 0 Å². The fraction of sp³-hybridized carbons (Fsp3) is 0.143. The number of nitriles is 1. The number of halogens is 1. The summed E-state index contributed by atoms with van der Waals surface area (Å²) in [7, 11) is 0. The number of pyridine rings is 1. The van der Waals surface area contributed by atoms with E-state index in [9.17, 15) is 10.1 Å². The van der Waals surface area contributed by atoms with Crippen LogP contribution in [0.2, 0.25) is 5.02 Å². The van der Waals surface area contributed by atoms with E-state index in [0.29, 0.717) is 16.5 Å². The molecule has 0 radical (unpaired) electrons. The summed E-state index contributed by atoms with van der Waals surface area (Å²) in [6, 6.07) is 19.4. The number of hydrogen-bond donors (Lipinski definition) is 0. The average Bonchev–Trinajstić information content (AvgIpc) is 2.65. The molecule has 0 N–H and O–H groups in total. The van der Waals surface area contributed by atoms with Crippen molar-refractivity contribution in [2.45, 2.75) is 18.4 Å². The van der Waals surface area contributed by atoms with Gasteiger partial charge in [0.15, 0.2) is 0 Å². The fourth-order valence-corrected chi connectivity index (χ4v) is 3.47. The predicted molar refractivity (Wildman–Crippen MR) is 108 cm³/mol. The monoisotopic (exact) mass is 380 g/mol. The van der Waals surface area contributed by atoms with Gasteiger partial charge in [0.05, 0.1) is 12.2 Å². The van der Waals surface area contributed by atoms with Gasteiger partial charge in [-0.15, -0.1) is 11.8 Å². The number of nitrogens with zero attached hydrogens (tertiary/aromatic N) is 2. The molecule has 2 aromatic carbocycles. The van der Waals surface area contributed by atoms with Gasteiger partial charge in [-0.3, -0.25) is 4.79 Å². The summed E-state index contributed by atoms with van der Waals surface area (Å²) < 4.78 is 1.66. The first kappa shape index (κ1) is 18.3. The molecule has 0 unspecified atom stereocenters. The Balaban J connectivity index is 2.22. The zero-order chi connectivity index (χ0) is 18.7. The van der Waals surface area contributed by atoms with E-state index in [1.165, 1.54) is 11.8 Å². The molecule has 130 valence electrons. The van der Waals surface area contributed by atoms with E-state index >= 15 is 0 Å². The second-order valence-electron chi connectivity index (χ2n) is 5.97. The van der Waals surface area contributed by atoms with E-state index in [2.05, 4.69) is 6.07 Å². The number of thioether (sulfide) groups is 1. The van der Waals surface area contributed by atoms with E-state index in [1.807, 2.05) is 55.6 Å². The lowest BCUT2D eigenvalue weighted by Gasteiger charge is -2.16. The van der Waals surface area contributed by atoms with Crippen LogP contribution in [0.3, 0.4) is 0 Å². The predicted octanol–water partition coefficient (Wildman–Crippen LogP) is 5.12. The molecule has 3 rings (SSSR count). The SMILES string of the molecule is CSc1cc(-c2ccc(Cl)cc2)n(Cc2ccc(C)cc2)c(=O)c1C#N. The van der Waals surface area contributed by atoms with Crippen LogP contribution in [0, 0.1) is 18.3 Å². The molecule has 1 heterocycles. The zero-order valence-electron chi connectivity index (χ0n) is 14.5. The molecule has 0 amide bonds. The first-order valence-corrected chi connectivity index (χ1v) is 9.67. The third-order valence-corrected chi connectivity index (χ3v) is 5.21. The van der Waals surface area contributed by atoms with E-state index in [4.69, 9.17) is 11.6 Å². The van der Waals surface area contributed by atoms with Gasteiger partial charge in [0, 0.05) is 9.92 Å². The van der Waals surface area contributed by atoms with Crippen LogP contribution in [0.15, 0.2) is 64.3 Å². The molecule has 0 aliphatic carbocycles. The van der Waals surface area contributed by atoms with Gasteiger partial charge in [-0.05, 0) is 42.5 Å². The lowest BCUT2D eigenvalue weighted by atomic mass is 10.1. The molecular formula is C21H17ClN2OS. The number of rotatable bonds is 4. The van der Waals surface area contributed by atoms with Crippen molar-refractivity contribution in [1.82, 2.24) is 4.57 Å². The van der Waals surface area contributed by atoms with Crippen molar-refractivity contribution in [3.63, 3.8) is 0 Å². The summed E-state index contributed by atoms with van der Waals surface area (Å²) in [5, 5.41) is 10.1. The maximum Gasteiger partial charge on any atom is 0.270 e. The highest BCUT2D eigenvalue weighted by Gasteiger charge is 2.16. The van der Waals surface area contributed by atoms with Gasteiger partial charge in [-0.25, -0.2) is 0 Å². The molecule has 0 aliphatic rings. The molecule has 0 bridgehead atoms. The Labute approximate surface area is 161 Å². The fourth-order valence-electron chi connectivity index (χ4n) is 2.78. The van der Waals surface area contributed by atoms with Crippen LogP contribution in [0.4, 0.5) is 0 Å². The average molecular weight is 381 g/mol.